The summed E-state index contributed by atoms with van der Waals surface area (Å²) in [5.41, 5.74) is -0.377. The van der Waals surface area contributed by atoms with Gasteiger partial charge in [-0.05, 0) is 27.2 Å². The van der Waals surface area contributed by atoms with Crippen LogP contribution in [0.5, 0.6) is 0 Å². The lowest BCUT2D eigenvalue weighted by Gasteiger charge is -2.54. The molecule has 0 spiro atoms. The second-order valence-corrected chi connectivity index (χ2v) is 8.11. The largest absolute Gasteiger partial charge is 0.444 e. The Hall–Kier alpha value is -0.770. The van der Waals surface area contributed by atoms with Crippen LogP contribution in [0.25, 0.3) is 0 Å². The lowest BCUT2D eigenvalue weighted by molar-refractivity contribution is -0.106. The number of halogens is 1. The molecule has 2 aliphatic rings. The first-order chi connectivity index (χ1) is 11.1. The third-order valence-electron chi connectivity index (χ3n) is 4.70. The number of nitrogens with zero attached hydrogens (tertiary/aromatic N) is 1. The van der Waals surface area contributed by atoms with Crippen LogP contribution in [0.3, 0.4) is 0 Å². The quantitative estimate of drug-likeness (QED) is 0.255. The number of alkyl carbamates (subject to hydrolysis) is 1. The summed E-state index contributed by atoms with van der Waals surface area (Å²) < 4.78 is 11.0. The third-order valence-corrected chi connectivity index (χ3v) is 4.70. The third kappa shape index (κ3) is 5.60. The lowest BCUT2D eigenvalue weighted by Crippen LogP contribution is -2.68. The molecule has 0 aromatic rings. The lowest BCUT2D eigenvalue weighted by atomic mass is 9.57. The predicted molar refractivity (Wildman–Crippen MR) is 110 cm³/mol. The topological polar surface area (TPSA) is 84.0 Å². The molecule has 2 rings (SSSR count). The number of rotatable bonds is 4. The van der Waals surface area contributed by atoms with Gasteiger partial charge >= 0.3 is 6.09 Å². The normalized spacial score (nSPS) is 27.4. The average molecular weight is 468 g/mol. The molecule has 1 aliphatic heterocycles. The molecule has 1 saturated carbocycles. The monoisotopic (exact) mass is 468 g/mol. The van der Waals surface area contributed by atoms with Gasteiger partial charge in [-0.25, -0.2) is 4.79 Å². The number of ether oxygens (including phenoxy) is 2. The Morgan fingerprint density at radius 1 is 1.28 bits per heavy atom. The average Bonchev–Trinajstić information content (AvgIpc) is 2.91. The van der Waals surface area contributed by atoms with E-state index in [1.54, 1.807) is 7.05 Å². The fourth-order valence-corrected chi connectivity index (χ4v) is 3.62. The molecular formula is C17H33IN4O3. The number of hydrogen-bond acceptors (Lipinski definition) is 4. The maximum absolute atomic E-state index is 11.6. The number of carbonyl (C=O) groups excluding carboxylic acids is 1. The first kappa shape index (κ1) is 22.3. The van der Waals surface area contributed by atoms with E-state index in [-0.39, 0.29) is 29.4 Å². The Balaban J connectivity index is 0.00000312. The molecule has 3 N–H and O–H groups in total. The van der Waals surface area contributed by atoms with Crippen molar-refractivity contribution in [2.24, 2.45) is 16.3 Å². The van der Waals surface area contributed by atoms with Crippen LogP contribution in [0, 0.1) is 11.3 Å². The molecule has 2 fully saturated rings. The number of fused-ring (bicyclic) bond motifs is 1. The van der Waals surface area contributed by atoms with Crippen LogP contribution in [0.1, 0.15) is 41.0 Å². The van der Waals surface area contributed by atoms with E-state index >= 15 is 0 Å². The molecule has 1 heterocycles. The van der Waals surface area contributed by atoms with E-state index in [9.17, 15) is 4.79 Å². The van der Waals surface area contributed by atoms with E-state index in [0.717, 1.165) is 19.0 Å². The molecule has 0 radical (unpaired) electrons. The predicted octanol–water partition coefficient (Wildman–Crippen LogP) is 2.11. The zero-order valence-corrected chi connectivity index (χ0v) is 18.5. The number of amides is 1. The van der Waals surface area contributed by atoms with Gasteiger partial charge in [0.2, 0.25) is 0 Å². The van der Waals surface area contributed by atoms with Gasteiger partial charge in [0.15, 0.2) is 5.96 Å². The highest BCUT2D eigenvalue weighted by atomic mass is 127. The molecule has 0 aromatic heterocycles. The second kappa shape index (κ2) is 8.75. The summed E-state index contributed by atoms with van der Waals surface area (Å²) in [4.78, 5) is 15.9. The number of guanidine groups is 1. The Kier molecular flexibility index (Phi) is 7.79. The fraction of sp³-hybridized carbons (Fsp3) is 0.882. The number of aliphatic imine (C=N–C) groups is 1. The summed E-state index contributed by atoms with van der Waals surface area (Å²) in [5.74, 6) is 1.31. The van der Waals surface area contributed by atoms with Gasteiger partial charge in [0.05, 0.1) is 6.10 Å². The maximum Gasteiger partial charge on any atom is 0.407 e. The van der Waals surface area contributed by atoms with Gasteiger partial charge in [0.1, 0.15) is 5.60 Å². The van der Waals surface area contributed by atoms with E-state index in [2.05, 4.69) is 34.8 Å². The van der Waals surface area contributed by atoms with Crippen LogP contribution < -0.4 is 16.0 Å². The molecule has 25 heavy (non-hydrogen) atoms. The highest BCUT2D eigenvalue weighted by Crippen LogP contribution is 2.51. The van der Waals surface area contributed by atoms with Crippen molar-refractivity contribution in [3.05, 3.63) is 0 Å². The molecule has 1 aliphatic carbocycles. The highest BCUT2D eigenvalue weighted by molar-refractivity contribution is 14.0. The maximum atomic E-state index is 11.6. The summed E-state index contributed by atoms with van der Waals surface area (Å²) in [7, 11) is 1.75. The molecule has 3 atom stereocenters. The van der Waals surface area contributed by atoms with Crippen LogP contribution in [-0.4, -0.2) is 56.5 Å². The smallest absolute Gasteiger partial charge is 0.407 e. The zero-order valence-electron chi connectivity index (χ0n) is 16.1. The Morgan fingerprint density at radius 2 is 1.92 bits per heavy atom. The van der Waals surface area contributed by atoms with Gasteiger partial charge in [0.25, 0.3) is 0 Å². The Labute approximate surface area is 168 Å². The second-order valence-electron chi connectivity index (χ2n) is 8.11. The number of carbonyl (C=O) groups is 1. The number of hydrogen-bond donors (Lipinski definition) is 3. The van der Waals surface area contributed by atoms with Crippen molar-refractivity contribution in [3.8, 4) is 0 Å². The van der Waals surface area contributed by atoms with Gasteiger partial charge in [0, 0.05) is 44.1 Å². The van der Waals surface area contributed by atoms with Crippen LogP contribution in [-0.2, 0) is 9.47 Å². The fourth-order valence-electron chi connectivity index (χ4n) is 3.62. The van der Waals surface area contributed by atoms with E-state index < -0.39 is 11.7 Å². The highest BCUT2D eigenvalue weighted by Gasteiger charge is 2.59. The zero-order chi connectivity index (χ0) is 18.0. The first-order valence-corrected chi connectivity index (χ1v) is 8.71. The molecule has 3 unspecified atom stereocenters. The van der Waals surface area contributed by atoms with Crippen molar-refractivity contribution in [1.29, 1.82) is 0 Å². The van der Waals surface area contributed by atoms with Gasteiger partial charge in [-0.3, -0.25) is 4.99 Å². The molecule has 146 valence electrons. The van der Waals surface area contributed by atoms with Gasteiger partial charge < -0.3 is 25.4 Å². The molecule has 7 nitrogen and oxygen atoms in total. The van der Waals surface area contributed by atoms with Crippen molar-refractivity contribution in [2.75, 3.05) is 26.7 Å². The van der Waals surface area contributed by atoms with Crippen molar-refractivity contribution < 1.29 is 14.3 Å². The van der Waals surface area contributed by atoms with E-state index in [0.29, 0.717) is 31.2 Å². The minimum Gasteiger partial charge on any atom is -0.444 e. The minimum atomic E-state index is -0.481. The molecular weight excluding hydrogens is 435 g/mol. The molecule has 1 saturated heterocycles. The molecule has 0 aromatic carbocycles. The van der Waals surface area contributed by atoms with Crippen LogP contribution in [0.2, 0.25) is 0 Å². The summed E-state index contributed by atoms with van der Waals surface area (Å²) in [6.45, 7) is 11.9. The van der Waals surface area contributed by atoms with Gasteiger partial charge in [-0.15, -0.1) is 24.0 Å². The van der Waals surface area contributed by atoms with Crippen molar-refractivity contribution >= 4 is 36.0 Å². The number of nitrogens with one attached hydrogen (secondary N) is 3. The summed E-state index contributed by atoms with van der Waals surface area (Å²) in [5, 5.41) is 9.47. The molecule has 1 amide bonds. The summed E-state index contributed by atoms with van der Waals surface area (Å²) in [6.07, 6.45) is 1.04. The Bertz CT molecular complexity index is 491. The van der Waals surface area contributed by atoms with Crippen LogP contribution in [0.4, 0.5) is 4.79 Å². The minimum absolute atomic E-state index is 0. The van der Waals surface area contributed by atoms with Gasteiger partial charge in [-0.2, -0.15) is 0 Å². The van der Waals surface area contributed by atoms with Crippen molar-refractivity contribution in [2.45, 2.75) is 58.8 Å². The molecule has 8 heteroatoms. The van der Waals surface area contributed by atoms with E-state index in [1.807, 2.05) is 20.8 Å². The first-order valence-electron chi connectivity index (χ1n) is 8.71. The van der Waals surface area contributed by atoms with Gasteiger partial charge in [-0.1, -0.05) is 13.8 Å². The van der Waals surface area contributed by atoms with Crippen molar-refractivity contribution in [1.82, 2.24) is 16.0 Å². The van der Waals surface area contributed by atoms with Crippen LogP contribution in [0.15, 0.2) is 4.99 Å². The van der Waals surface area contributed by atoms with Crippen LogP contribution >= 0.6 is 24.0 Å². The van der Waals surface area contributed by atoms with E-state index in [1.165, 1.54) is 0 Å². The van der Waals surface area contributed by atoms with E-state index in [4.69, 9.17) is 9.47 Å². The molecule has 0 bridgehead atoms. The Morgan fingerprint density at radius 3 is 2.52 bits per heavy atom. The SMILES string of the molecule is CN=C(NCCNC(=O)OC(C)(C)C)NC1C2CCOC2C1(C)C.I. The van der Waals surface area contributed by atoms with Crippen molar-refractivity contribution in [3.63, 3.8) is 0 Å². The standard InChI is InChI=1S/C17H32N4O3.HI/c1-16(2,3)24-15(22)20-9-8-19-14(18-6)21-12-11-7-10-23-13(11)17(12,4)5;/h11-13H,7-10H2,1-6H3,(H,20,22)(H2,18,19,21);1H. The summed E-state index contributed by atoms with van der Waals surface area (Å²) >= 11 is 0. The summed E-state index contributed by atoms with van der Waals surface area (Å²) in [6, 6.07) is 0.356.